The fourth-order valence-corrected chi connectivity index (χ4v) is 3.24. The molecule has 0 aliphatic heterocycles. The van der Waals surface area contributed by atoms with Crippen LogP contribution in [0.1, 0.15) is 22.3 Å². The van der Waals surface area contributed by atoms with Crippen molar-refractivity contribution in [1.82, 2.24) is 20.6 Å². The second-order valence-corrected chi connectivity index (χ2v) is 7.52. The van der Waals surface area contributed by atoms with Gasteiger partial charge in [0.1, 0.15) is 13.2 Å². The molecule has 7 heteroatoms. The molecule has 2 aromatic carbocycles. The maximum Gasteiger partial charge on any atom is 0.315 e. The number of hydrogen-bond acceptors (Lipinski definition) is 5. The number of ether oxygens (including phenoxy) is 2. The van der Waals surface area contributed by atoms with Crippen molar-refractivity contribution >= 4 is 6.03 Å². The van der Waals surface area contributed by atoms with Gasteiger partial charge in [0.15, 0.2) is 0 Å². The first-order chi connectivity index (χ1) is 16.8. The number of benzene rings is 2. The lowest BCUT2D eigenvalue weighted by Gasteiger charge is -2.13. The molecule has 2 heterocycles. The number of pyridine rings is 2. The molecular formula is C27H26N4O3. The number of hydrogen-bond donors (Lipinski definition) is 2. The predicted molar refractivity (Wildman–Crippen MR) is 129 cm³/mol. The van der Waals surface area contributed by atoms with Crippen LogP contribution in [0.2, 0.25) is 0 Å². The Kier molecular flexibility index (Phi) is 8.05. The van der Waals surface area contributed by atoms with Crippen molar-refractivity contribution in [2.75, 3.05) is 0 Å². The molecule has 0 saturated heterocycles. The molecule has 2 aromatic heterocycles. The highest BCUT2D eigenvalue weighted by molar-refractivity contribution is 5.74. The van der Waals surface area contributed by atoms with Gasteiger partial charge in [-0.1, -0.05) is 72.8 Å². The van der Waals surface area contributed by atoms with Gasteiger partial charge in [0.2, 0.25) is 11.8 Å². The quantitative estimate of drug-likeness (QED) is 0.365. The van der Waals surface area contributed by atoms with Crippen LogP contribution in [0, 0.1) is 0 Å². The predicted octanol–water partition coefficient (Wildman–Crippen LogP) is 4.63. The van der Waals surface area contributed by atoms with Crippen LogP contribution in [0.3, 0.4) is 0 Å². The van der Waals surface area contributed by atoms with Crippen LogP contribution in [0.4, 0.5) is 4.79 Å². The number of rotatable bonds is 10. The zero-order valence-electron chi connectivity index (χ0n) is 18.7. The van der Waals surface area contributed by atoms with Gasteiger partial charge in [-0.25, -0.2) is 14.8 Å². The zero-order valence-corrected chi connectivity index (χ0v) is 18.7. The van der Waals surface area contributed by atoms with E-state index in [9.17, 15) is 4.79 Å². The lowest BCUT2D eigenvalue weighted by atomic mass is 10.2. The molecule has 2 amide bonds. The maximum absolute atomic E-state index is 12.4. The molecule has 0 fully saturated rings. The first-order valence-electron chi connectivity index (χ1n) is 11.0. The fourth-order valence-electron chi connectivity index (χ4n) is 3.24. The first kappa shape index (κ1) is 22.8. The highest BCUT2D eigenvalue weighted by Crippen LogP contribution is 2.17. The van der Waals surface area contributed by atoms with Crippen LogP contribution >= 0.6 is 0 Å². The molecule has 4 rings (SSSR count). The Bertz CT molecular complexity index is 1090. The largest absolute Gasteiger partial charge is 0.473 e. The van der Waals surface area contributed by atoms with Gasteiger partial charge in [-0.15, -0.1) is 0 Å². The summed E-state index contributed by atoms with van der Waals surface area (Å²) in [6.07, 6.45) is 3.34. The van der Waals surface area contributed by atoms with Crippen molar-refractivity contribution in [2.24, 2.45) is 0 Å². The molecular weight excluding hydrogens is 428 g/mol. The van der Waals surface area contributed by atoms with E-state index in [0.717, 1.165) is 22.3 Å². The lowest BCUT2D eigenvalue weighted by Crippen LogP contribution is -2.34. The number of nitrogens with one attached hydrogen (secondary N) is 2. The van der Waals surface area contributed by atoms with Gasteiger partial charge in [-0.05, 0) is 23.3 Å². The molecule has 172 valence electrons. The Morgan fingerprint density at radius 2 is 1.06 bits per heavy atom. The summed E-state index contributed by atoms with van der Waals surface area (Å²) in [5.74, 6) is 0.992. The van der Waals surface area contributed by atoms with Gasteiger partial charge >= 0.3 is 6.03 Å². The second-order valence-electron chi connectivity index (χ2n) is 7.52. The van der Waals surface area contributed by atoms with E-state index < -0.39 is 0 Å². The monoisotopic (exact) mass is 454 g/mol. The summed E-state index contributed by atoms with van der Waals surface area (Å²) >= 11 is 0. The Hall–Kier alpha value is -4.39. The minimum Gasteiger partial charge on any atom is -0.473 e. The summed E-state index contributed by atoms with van der Waals surface area (Å²) in [7, 11) is 0. The Labute approximate surface area is 198 Å². The highest BCUT2D eigenvalue weighted by atomic mass is 16.5. The van der Waals surface area contributed by atoms with Crippen molar-refractivity contribution in [3.05, 3.63) is 120 Å². The van der Waals surface area contributed by atoms with Gasteiger partial charge in [-0.3, -0.25) is 0 Å². The first-order valence-corrected chi connectivity index (χ1v) is 11.0. The SMILES string of the molecule is O=C(NCc1cccnc1OCc1ccccc1)NCc1cccnc1OCc1ccccc1. The van der Waals surface area contributed by atoms with Gasteiger partial charge in [0.25, 0.3) is 0 Å². The van der Waals surface area contributed by atoms with Crippen molar-refractivity contribution < 1.29 is 14.3 Å². The highest BCUT2D eigenvalue weighted by Gasteiger charge is 2.10. The van der Waals surface area contributed by atoms with Crippen molar-refractivity contribution in [3.63, 3.8) is 0 Å². The number of amides is 2. The van der Waals surface area contributed by atoms with Crippen LogP contribution in [0.5, 0.6) is 11.8 Å². The molecule has 0 radical (unpaired) electrons. The Balaban J connectivity index is 1.27. The van der Waals surface area contributed by atoms with Crippen molar-refractivity contribution in [1.29, 1.82) is 0 Å². The Morgan fingerprint density at radius 1 is 0.618 bits per heavy atom. The average Bonchev–Trinajstić information content (AvgIpc) is 2.90. The zero-order chi connectivity index (χ0) is 23.4. The molecule has 0 unspecified atom stereocenters. The molecule has 0 spiro atoms. The molecule has 34 heavy (non-hydrogen) atoms. The third kappa shape index (κ3) is 6.80. The standard InChI is InChI=1S/C27H26N4O3/c32-27(30-17-23-13-7-15-28-25(23)33-19-21-9-3-1-4-10-21)31-18-24-14-8-16-29-26(24)34-20-22-11-5-2-6-12-22/h1-16H,17-20H2,(H2,30,31,32). The summed E-state index contributed by atoms with van der Waals surface area (Å²) in [4.78, 5) is 21.0. The molecule has 0 atom stereocenters. The van der Waals surface area contributed by atoms with Crippen LogP contribution in [0.15, 0.2) is 97.3 Å². The topological polar surface area (TPSA) is 85.4 Å². The average molecular weight is 455 g/mol. The lowest BCUT2D eigenvalue weighted by molar-refractivity contribution is 0.239. The normalized spacial score (nSPS) is 10.4. The van der Waals surface area contributed by atoms with E-state index in [0.29, 0.717) is 25.0 Å². The third-order valence-electron chi connectivity index (χ3n) is 5.02. The van der Waals surface area contributed by atoms with Crippen molar-refractivity contribution in [3.8, 4) is 11.8 Å². The molecule has 0 aliphatic rings. The van der Waals surface area contributed by atoms with Gasteiger partial charge < -0.3 is 20.1 Å². The Morgan fingerprint density at radius 3 is 1.50 bits per heavy atom. The van der Waals surface area contributed by atoms with Gasteiger partial charge in [0.05, 0.1) is 0 Å². The fraction of sp³-hybridized carbons (Fsp3) is 0.148. The summed E-state index contributed by atoms with van der Waals surface area (Å²) in [5, 5.41) is 5.71. The summed E-state index contributed by atoms with van der Waals surface area (Å²) in [6, 6.07) is 26.8. The third-order valence-corrected chi connectivity index (χ3v) is 5.02. The summed E-state index contributed by atoms with van der Waals surface area (Å²) in [5.41, 5.74) is 3.68. The molecule has 0 saturated carbocycles. The van der Waals surface area contributed by atoms with E-state index in [4.69, 9.17) is 9.47 Å². The van der Waals surface area contributed by atoms with E-state index in [2.05, 4.69) is 20.6 Å². The number of nitrogens with zero attached hydrogens (tertiary/aromatic N) is 2. The minimum absolute atomic E-state index is 0.286. The van der Waals surface area contributed by atoms with Crippen LogP contribution in [-0.2, 0) is 26.3 Å². The van der Waals surface area contributed by atoms with Crippen LogP contribution < -0.4 is 20.1 Å². The van der Waals surface area contributed by atoms with E-state index in [1.807, 2.05) is 84.9 Å². The number of carbonyl (C=O) groups excluding carboxylic acids is 1. The maximum atomic E-state index is 12.4. The van der Waals surface area contributed by atoms with Gasteiger partial charge in [0, 0.05) is 36.6 Å². The van der Waals surface area contributed by atoms with Crippen LogP contribution in [-0.4, -0.2) is 16.0 Å². The second kappa shape index (κ2) is 12.0. The smallest absolute Gasteiger partial charge is 0.315 e. The summed E-state index contributed by atoms with van der Waals surface area (Å²) in [6.45, 7) is 1.38. The summed E-state index contributed by atoms with van der Waals surface area (Å²) < 4.78 is 11.7. The van der Waals surface area contributed by atoms with E-state index in [-0.39, 0.29) is 19.1 Å². The molecule has 0 bridgehead atoms. The van der Waals surface area contributed by atoms with E-state index in [1.165, 1.54) is 0 Å². The van der Waals surface area contributed by atoms with E-state index >= 15 is 0 Å². The van der Waals surface area contributed by atoms with E-state index in [1.54, 1.807) is 12.4 Å². The molecule has 0 aliphatic carbocycles. The number of urea groups is 1. The van der Waals surface area contributed by atoms with Gasteiger partial charge in [-0.2, -0.15) is 0 Å². The van der Waals surface area contributed by atoms with Crippen LogP contribution in [0.25, 0.3) is 0 Å². The minimum atomic E-state index is -0.310. The molecule has 7 nitrogen and oxygen atoms in total. The number of carbonyl (C=O) groups is 1. The molecule has 4 aromatic rings. The number of aromatic nitrogens is 2. The van der Waals surface area contributed by atoms with Crippen molar-refractivity contribution in [2.45, 2.75) is 26.3 Å². The molecule has 2 N–H and O–H groups in total.